The molecule has 2 rings (SSSR count). The Balaban J connectivity index is 1.67. The van der Waals surface area contributed by atoms with Crippen LogP contribution in [0.25, 0.3) is 0 Å². The summed E-state index contributed by atoms with van der Waals surface area (Å²) in [6.45, 7) is 5.83. The lowest BCUT2D eigenvalue weighted by atomic mass is 10.0. The molecule has 4 nitrogen and oxygen atoms in total. The number of aliphatic hydroxyl groups is 1. The van der Waals surface area contributed by atoms with Crippen LogP contribution in [0.4, 0.5) is 0 Å². The first-order chi connectivity index (χ1) is 10.3. The second kappa shape index (κ2) is 9.29. The fourth-order valence-electron chi connectivity index (χ4n) is 3.53. The minimum atomic E-state index is -0.115. The second-order valence-corrected chi connectivity index (χ2v) is 6.60. The molecule has 1 saturated heterocycles. The molecule has 21 heavy (non-hydrogen) atoms. The topological polar surface area (TPSA) is 47.9 Å². The maximum atomic E-state index is 9.60. The number of piperidine rings is 1. The van der Waals surface area contributed by atoms with Crippen molar-refractivity contribution in [3.63, 3.8) is 0 Å². The van der Waals surface area contributed by atoms with E-state index in [-0.39, 0.29) is 6.10 Å². The van der Waals surface area contributed by atoms with E-state index in [1.54, 1.807) is 0 Å². The summed E-state index contributed by atoms with van der Waals surface area (Å²) in [6.07, 6.45) is 11.4. The van der Waals surface area contributed by atoms with Gasteiger partial charge in [0.1, 0.15) is 0 Å². The van der Waals surface area contributed by atoms with Crippen molar-refractivity contribution in [2.24, 2.45) is 10.9 Å². The van der Waals surface area contributed by atoms with Gasteiger partial charge in [0.05, 0.1) is 6.10 Å². The average molecular weight is 295 g/mol. The predicted octanol–water partition coefficient (Wildman–Crippen LogP) is 2.77. The maximum absolute atomic E-state index is 9.60. The van der Waals surface area contributed by atoms with E-state index in [4.69, 9.17) is 4.99 Å². The van der Waals surface area contributed by atoms with Gasteiger partial charge in [-0.25, -0.2) is 0 Å². The van der Waals surface area contributed by atoms with Gasteiger partial charge in [0.2, 0.25) is 0 Å². The van der Waals surface area contributed by atoms with E-state index in [1.807, 2.05) is 0 Å². The summed E-state index contributed by atoms with van der Waals surface area (Å²) in [6, 6.07) is 0. The van der Waals surface area contributed by atoms with E-state index >= 15 is 0 Å². The molecule has 4 heteroatoms. The highest BCUT2D eigenvalue weighted by Crippen LogP contribution is 2.28. The number of nitrogens with one attached hydrogen (secondary N) is 1. The van der Waals surface area contributed by atoms with E-state index in [0.29, 0.717) is 0 Å². The molecule has 1 aliphatic carbocycles. The molecule has 2 aliphatic rings. The third-order valence-electron chi connectivity index (χ3n) is 4.86. The van der Waals surface area contributed by atoms with Crippen LogP contribution in [0, 0.1) is 5.92 Å². The van der Waals surface area contributed by atoms with Crippen LogP contribution in [0.5, 0.6) is 0 Å². The quantitative estimate of drug-likeness (QED) is 0.450. The zero-order chi connectivity index (χ0) is 14.9. The van der Waals surface area contributed by atoms with Crippen molar-refractivity contribution in [3.05, 3.63) is 0 Å². The van der Waals surface area contributed by atoms with Gasteiger partial charge in [0, 0.05) is 26.2 Å². The highest BCUT2D eigenvalue weighted by molar-refractivity contribution is 5.80. The summed E-state index contributed by atoms with van der Waals surface area (Å²) in [5.74, 6) is 2.05. The molecule has 0 unspecified atom stereocenters. The molecule has 0 atom stereocenters. The number of unbranched alkanes of at least 4 members (excludes halogenated alkanes) is 1. The van der Waals surface area contributed by atoms with Gasteiger partial charge in [0.25, 0.3) is 0 Å². The normalized spacial score (nSPS) is 22.0. The Morgan fingerprint density at radius 2 is 1.86 bits per heavy atom. The van der Waals surface area contributed by atoms with Gasteiger partial charge >= 0.3 is 0 Å². The van der Waals surface area contributed by atoms with Crippen LogP contribution in [0.1, 0.15) is 64.7 Å². The zero-order valence-corrected chi connectivity index (χ0v) is 13.7. The molecule has 1 aliphatic heterocycles. The lowest BCUT2D eigenvalue weighted by Gasteiger charge is -2.32. The van der Waals surface area contributed by atoms with Gasteiger partial charge < -0.3 is 15.3 Å². The zero-order valence-electron chi connectivity index (χ0n) is 13.7. The molecular weight excluding hydrogens is 262 g/mol. The Labute approximate surface area is 130 Å². The Kier molecular flexibility index (Phi) is 7.34. The molecule has 122 valence electrons. The average Bonchev–Trinajstić information content (AvgIpc) is 3.00. The monoisotopic (exact) mass is 295 g/mol. The molecule has 1 saturated carbocycles. The van der Waals surface area contributed by atoms with Crippen molar-refractivity contribution < 1.29 is 5.11 Å². The van der Waals surface area contributed by atoms with Gasteiger partial charge in [-0.3, -0.25) is 4.99 Å². The fourth-order valence-corrected chi connectivity index (χ4v) is 3.53. The van der Waals surface area contributed by atoms with Crippen LogP contribution in [0.3, 0.4) is 0 Å². The predicted molar refractivity (Wildman–Crippen MR) is 88.6 cm³/mol. The lowest BCUT2D eigenvalue weighted by molar-refractivity contribution is 0.108. The van der Waals surface area contributed by atoms with Crippen molar-refractivity contribution in [1.82, 2.24) is 10.2 Å². The van der Waals surface area contributed by atoms with Gasteiger partial charge in [0.15, 0.2) is 5.96 Å². The minimum Gasteiger partial charge on any atom is -0.393 e. The first-order valence-electron chi connectivity index (χ1n) is 9.01. The molecule has 2 fully saturated rings. The summed E-state index contributed by atoms with van der Waals surface area (Å²) >= 11 is 0. The number of likely N-dealkylation sites (tertiary alicyclic amines) is 1. The first kappa shape index (κ1) is 16.6. The SMILES string of the molecule is CCNC(=NCCCCC1CCCC1)N1CCC(O)CC1. The molecule has 0 radical (unpaired) electrons. The molecule has 0 amide bonds. The van der Waals surface area contributed by atoms with E-state index in [2.05, 4.69) is 17.1 Å². The number of guanidine groups is 1. The van der Waals surface area contributed by atoms with Gasteiger partial charge in [-0.1, -0.05) is 38.5 Å². The maximum Gasteiger partial charge on any atom is 0.193 e. The largest absolute Gasteiger partial charge is 0.393 e. The van der Waals surface area contributed by atoms with Crippen LogP contribution in [0.2, 0.25) is 0 Å². The number of aliphatic hydroxyl groups excluding tert-OH is 1. The number of nitrogens with zero attached hydrogens (tertiary/aromatic N) is 2. The third kappa shape index (κ3) is 5.85. The highest BCUT2D eigenvalue weighted by Gasteiger charge is 2.19. The van der Waals surface area contributed by atoms with Gasteiger partial charge in [-0.2, -0.15) is 0 Å². The van der Waals surface area contributed by atoms with E-state index in [1.165, 1.54) is 44.9 Å². The summed E-state index contributed by atoms with van der Waals surface area (Å²) in [7, 11) is 0. The molecule has 1 heterocycles. The van der Waals surface area contributed by atoms with E-state index in [9.17, 15) is 5.11 Å². The lowest BCUT2D eigenvalue weighted by Crippen LogP contribution is -2.46. The standard InChI is InChI=1S/C17H33N3O/c1-2-18-17(20-13-10-16(21)11-14-20)19-12-6-5-9-15-7-3-4-8-15/h15-16,21H,2-14H2,1H3,(H,18,19). The van der Waals surface area contributed by atoms with Crippen LogP contribution >= 0.6 is 0 Å². The summed E-state index contributed by atoms with van der Waals surface area (Å²) < 4.78 is 0. The van der Waals surface area contributed by atoms with Gasteiger partial charge in [-0.15, -0.1) is 0 Å². The summed E-state index contributed by atoms with van der Waals surface area (Å²) in [4.78, 5) is 7.07. The van der Waals surface area contributed by atoms with Crippen molar-refractivity contribution in [2.75, 3.05) is 26.2 Å². The van der Waals surface area contributed by atoms with Crippen molar-refractivity contribution in [2.45, 2.75) is 70.8 Å². The van der Waals surface area contributed by atoms with Crippen LogP contribution in [0.15, 0.2) is 4.99 Å². The smallest absolute Gasteiger partial charge is 0.193 e. The summed E-state index contributed by atoms with van der Waals surface area (Å²) in [5.41, 5.74) is 0. The molecule has 2 N–H and O–H groups in total. The molecule has 0 aromatic rings. The third-order valence-corrected chi connectivity index (χ3v) is 4.86. The number of rotatable bonds is 6. The number of aliphatic imine (C=N–C) groups is 1. The van der Waals surface area contributed by atoms with Crippen molar-refractivity contribution in [3.8, 4) is 0 Å². The van der Waals surface area contributed by atoms with Gasteiger partial charge in [-0.05, 0) is 32.1 Å². The molecule has 0 bridgehead atoms. The highest BCUT2D eigenvalue weighted by atomic mass is 16.3. The minimum absolute atomic E-state index is 0.115. The molecular formula is C17H33N3O. The Morgan fingerprint density at radius 1 is 1.14 bits per heavy atom. The molecule has 0 spiro atoms. The van der Waals surface area contributed by atoms with E-state index < -0.39 is 0 Å². The Morgan fingerprint density at radius 3 is 2.52 bits per heavy atom. The van der Waals surface area contributed by atoms with Crippen molar-refractivity contribution >= 4 is 5.96 Å². The summed E-state index contributed by atoms with van der Waals surface area (Å²) in [5, 5.41) is 13.0. The number of hydrogen-bond donors (Lipinski definition) is 2. The molecule has 0 aromatic carbocycles. The number of hydrogen-bond acceptors (Lipinski definition) is 2. The van der Waals surface area contributed by atoms with Crippen LogP contribution in [-0.2, 0) is 0 Å². The van der Waals surface area contributed by atoms with Crippen molar-refractivity contribution in [1.29, 1.82) is 0 Å². The van der Waals surface area contributed by atoms with Crippen LogP contribution in [-0.4, -0.2) is 48.2 Å². The van der Waals surface area contributed by atoms with Crippen LogP contribution < -0.4 is 5.32 Å². The first-order valence-corrected chi connectivity index (χ1v) is 9.01. The Bertz CT molecular complexity index is 305. The second-order valence-electron chi connectivity index (χ2n) is 6.60. The molecule has 0 aromatic heterocycles. The Hall–Kier alpha value is -0.770. The fraction of sp³-hybridized carbons (Fsp3) is 0.941. The van der Waals surface area contributed by atoms with E-state index in [0.717, 1.165) is 50.9 Å².